The van der Waals surface area contributed by atoms with Crippen LogP contribution >= 0.6 is 0 Å². The molecule has 0 saturated heterocycles. The van der Waals surface area contributed by atoms with Crippen LogP contribution in [0.15, 0.2) is 188 Å². The summed E-state index contributed by atoms with van der Waals surface area (Å²) in [5.74, 6) is 2.39. The van der Waals surface area contributed by atoms with Gasteiger partial charge in [0.05, 0.1) is 33.4 Å². The smallest absolute Gasteiger partial charge is 0.137 e. The van der Waals surface area contributed by atoms with Crippen LogP contribution in [0.4, 0.5) is 22.7 Å². The summed E-state index contributed by atoms with van der Waals surface area (Å²) in [6.45, 7) is 28.1. The lowest BCUT2D eigenvalue weighted by atomic mass is 9.80. The first-order valence-electron chi connectivity index (χ1n) is 27.0. The predicted molar refractivity (Wildman–Crippen MR) is 322 cm³/mol. The van der Waals surface area contributed by atoms with Crippen LogP contribution in [0.25, 0.3) is 66.2 Å². The molecule has 1 aliphatic rings. The van der Waals surface area contributed by atoms with E-state index in [1.807, 2.05) is 6.20 Å². The van der Waals surface area contributed by atoms with E-state index in [1.165, 1.54) is 66.6 Å². The lowest BCUT2D eigenvalue weighted by molar-refractivity contribution is 0.483. The van der Waals surface area contributed by atoms with Gasteiger partial charge >= 0.3 is 0 Å². The van der Waals surface area contributed by atoms with Gasteiger partial charge in [-0.3, -0.25) is 4.57 Å². The minimum absolute atomic E-state index is 0.0347. The maximum Gasteiger partial charge on any atom is 0.137 e. The Morgan fingerprint density at radius 3 is 1.64 bits per heavy atom. The van der Waals surface area contributed by atoms with Gasteiger partial charge in [0.15, 0.2) is 0 Å². The normalized spacial score (nSPS) is 13.4. The fourth-order valence-electron chi connectivity index (χ4n) is 11.3. The molecule has 11 aromatic rings. The van der Waals surface area contributed by atoms with Crippen LogP contribution < -0.4 is 14.5 Å². The summed E-state index contributed by atoms with van der Waals surface area (Å²) < 4.78 is 11.7. The summed E-state index contributed by atoms with van der Waals surface area (Å²) in [7, 11) is 0. The molecule has 0 bridgehead atoms. The number of anilines is 4. The highest BCUT2D eigenvalue weighted by atomic mass is 16.5. The molecule has 0 fully saturated rings. The van der Waals surface area contributed by atoms with E-state index in [4.69, 9.17) is 9.72 Å². The highest BCUT2D eigenvalue weighted by Crippen LogP contribution is 2.51. The molecule has 0 atom stereocenters. The minimum Gasteiger partial charge on any atom is -0.457 e. The van der Waals surface area contributed by atoms with E-state index in [-0.39, 0.29) is 21.7 Å². The van der Waals surface area contributed by atoms with Crippen LogP contribution in [0.2, 0.25) is 0 Å². The second-order valence-corrected chi connectivity index (χ2v) is 25.1. The molecule has 0 saturated carbocycles. The van der Waals surface area contributed by atoms with Crippen molar-refractivity contribution in [3.63, 3.8) is 0 Å². The zero-order valence-corrected chi connectivity index (χ0v) is 46.2. The highest BCUT2D eigenvalue weighted by Gasteiger charge is 2.33. The van der Waals surface area contributed by atoms with Crippen molar-refractivity contribution >= 4 is 66.4 Å². The first-order valence-corrected chi connectivity index (χ1v) is 27.0. The van der Waals surface area contributed by atoms with Gasteiger partial charge < -0.3 is 19.1 Å². The van der Waals surface area contributed by atoms with E-state index < -0.39 is 0 Å². The van der Waals surface area contributed by atoms with E-state index in [9.17, 15) is 0 Å². The number of ether oxygens (including phenoxy) is 1. The number of rotatable bonds is 7. The maximum absolute atomic E-state index is 6.99. The highest BCUT2D eigenvalue weighted by molar-refractivity contribution is 6.12. The lowest BCUT2D eigenvalue weighted by Gasteiger charge is -2.30. The first-order chi connectivity index (χ1) is 36.2. The average molecular weight is 996 g/mol. The Balaban J connectivity index is 0.968. The summed E-state index contributed by atoms with van der Waals surface area (Å²) in [6, 6.07) is 67.0. The zero-order chi connectivity index (χ0) is 53.1. The van der Waals surface area contributed by atoms with Crippen LogP contribution in [-0.4, -0.2) is 20.8 Å². The Bertz CT molecular complexity index is 3960. The number of hydrogen-bond acceptors (Lipinski definition) is 4. The number of benzene rings is 8. The molecule has 6 nitrogen and oxygen atoms in total. The van der Waals surface area contributed by atoms with Gasteiger partial charge in [0.2, 0.25) is 0 Å². The topological polar surface area (TPSA) is 38.5 Å². The van der Waals surface area contributed by atoms with Gasteiger partial charge in [0, 0.05) is 62.5 Å². The van der Waals surface area contributed by atoms with Crippen LogP contribution in [0, 0.1) is 0 Å². The van der Waals surface area contributed by atoms with E-state index in [0.29, 0.717) is 6.67 Å². The fraction of sp³-hybridized carbons (Fsp3) is 0.243. The number of nitrogens with zero attached hydrogens (tertiary/aromatic N) is 5. The van der Waals surface area contributed by atoms with E-state index in [2.05, 4.69) is 284 Å². The predicted octanol–water partition coefficient (Wildman–Crippen LogP) is 19.2. The van der Waals surface area contributed by atoms with Gasteiger partial charge in [0.1, 0.15) is 24.0 Å². The van der Waals surface area contributed by atoms with E-state index >= 15 is 0 Å². The van der Waals surface area contributed by atoms with Gasteiger partial charge in [-0.15, -0.1) is 0 Å². The SMILES string of the molecule is CC(C)(C)c1ccc(-c2cccc3c2N(c2cc(C(C)(C)C)cc(C(C)(C)C)c2)CN3c2cccc(Oc3ccc4c5cc(-n6c7ccccc7c7ccccc76)ccc5n(-c5cc(C(C)(C)C)ccn5)c4c3)c2)cc1. The number of aromatic nitrogens is 3. The molecule has 0 unspecified atom stereocenters. The number of hydrogen-bond donors (Lipinski definition) is 0. The average Bonchev–Trinajstić information content (AvgIpc) is 4.09. The van der Waals surface area contributed by atoms with Gasteiger partial charge in [-0.1, -0.05) is 168 Å². The zero-order valence-electron chi connectivity index (χ0n) is 46.2. The Morgan fingerprint density at radius 1 is 0.382 bits per heavy atom. The molecule has 8 aromatic carbocycles. The number of pyridine rings is 1. The molecule has 0 spiro atoms. The quantitative estimate of drug-likeness (QED) is 0.159. The van der Waals surface area contributed by atoms with Crippen molar-refractivity contribution in [2.45, 2.75) is 105 Å². The van der Waals surface area contributed by atoms with Gasteiger partial charge in [-0.25, -0.2) is 4.98 Å². The number of fused-ring (bicyclic) bond motifs is 7. The third-order valence-electron chi connectivity index (χ3n) is 15.6. The van der Waals surface area contributed by atoms with Crippen molar-refractivity contribution in [3.8, 4) is 34.1 Å². The molecule has 0 radical (unpaired) electrons. The second kappa shape index (κ2) is 17.8. The molecule has 4 heterocycles. The van der Waals surface area contributed by atoms with Crippen LogP contribution in [-0.2, 0) is 21.7 Å². The molecule has 1 aliphatic heterocycles. The van der Waals surface area contributed by atoms with Crippen molar-refractivity contribution in [2.24, 2.45) is 0 Å². The van der Waals surface area contributed by atoms with Crippen molar-refractivity contribution in [2.75, 3.05) is 16.5 Å². The monoisotopic (exact) mass is 996 g/mol. The van der Waals surface area contributed by atoms with Crippen molar-refractivity contribution in [1.29, 1.82) is 0 Å². The van der Waals surface area contributed by atoms with Crippen molar-refractivity contribution < 1.29 is 4.74 Å². The molecular weight excluding hydrogens is 927 g/mol. The molecule has 0 N–H and O–H groups in total. The molecule has 6 heteroatoms. The Hall–Kier alpha value is -8.09. The van der Waals surface area contributed by atoms with Crippen LogP contribution in [0.3, 0.4) is 0 Å². The second-order valence-electron chi connectivity index (χ2n) is 25.1. The van der Waals surface area contributed by atoms with Crippen LogP contribution in [0.5, 0.6) is 11.5 Å². The summed E-state index contributed by atoms with van der Waals surface area (Å²) in [6.07, 6.45) is 1.94. The summed E-state index contributed by atoms with van der Waals surface area (Å²) >= 11 is 0. The van der Waals surface area contributed by atoms with Crippen molar-refractivity contribution in [1.82, 2.24) is 14.1 Å². The molecule has 12 rings (SSSR count). The largest absolute Gasteiger partial charge is 0.457 e. The van der Waals surface area contributed by atoms with Gasteiger partial charge in [-0.05, 0) is 134 Å². The van der Waals surface area contributed by atoms with Gasteiger partial charge in [-0.2, -0.15) is 0 Å². The Labute approximate surface area is 448 Å². The lowest BCUT2D eigenvalue weighted by Crippen LogP contribution is -2.25. The molecule has 380 valence electrons. The summed E-state index contributed by atoms with van der Waals surface area (Å²) in [5, 5.41) is 4.76. The molecule has 0 aliphatic carbocycles. The van der Waals surface area contributed by atoms with Gasteiger partial charge in [0.25, 0.3) is 0 Å². The summed E-state index contributed by atoms with van der Waals surface area (Å²) in [4.78, 5) is 10.0. The molecule has 0 amide bonds. The number of para-hydroxylation sites is 3. The Kier molecular flexibility index (Phi) is 11.4. The molecule has 76 heavy (non-hydrogen) atoms. The third-order valence-corrected chi connectivity index (χ3v) is 15.6. The van der Waals surface area contributed by atoms with Crippen molar-refractivity contribution in [3.05, 3.63) is 210 Å². The Morgan fingerprint density at radius 2 is 0.987 bits per heavy atom. The van der Waals surface area contributed by atoms with E-state index in [0.717, 1.165) is 56.2 Å². The maximum atomic E-state index is 6.99. The van der Waals surface area contributed by atoms with Crippen LogP contribution in [0.1, 0.15) is 105 Å². The molecular formula is C70H69N5O. The fourth-order valence-corrected chi connectivity index (χ4v) is 11.3. The first kappa shape index (κ1) is 48.8. The van der Waals surface area contributed by atoms with E-state index in [1.54, 1.807) is 0 Å². The minimum atomic E-state index is -0.0581. The molecule has 3 aromatic heterocycles. The summed E-state index contributed by atoms with van der Waals surface area (Å²) in [5.41, 5.74) is 17.7. The standard InChI is InChI=1S/C70H69N5O/c1-67(2,3)46-29-27-45(28-30-46)55-23-18-26-63-66(55)73(52-38-48(69(7,8)9)37-49(39-52)70(10,11)12)44-72(63)50-19-17-20-53(41-50)76-54-32-33-58-59-42-51(74-60-24-15-13-21-56(60)57-22-14-16-25-61(57)74)31-34-62(59)75(64(58)43-54)65-40-47(35-36-71-65)68(4,5)6/h13-43H,44H2,1-12H3. The third kappa shape index (κ3) is 8.58.